The molecule has 1 saturated heterocycles. The van der Waals surface area contributed by atoms with Crippen LogP contribution in [0.3, 0.4) is 0 Å². The van der Waals surface area contributed by atoms with Crippen LogP contribution >= 0.6 is 0 Å². The predicted octanol–water partition coefficient (Wildman–Crippen LogP) is 3.94. The summed E-state index contributed by atoms with van der Waals surface area (Å²) in [5.41, 5.74) is 3.85. The molecule has 7 heteroatoms. The minimum Gasteiger partial charge on any atom is -0.356 e. The molecule has 2 aliphatic rings. The van der Waals surface area contributed by atoms with Crippen LogP contribution in [-0.4, -0.2) is 50.4 Å². The molecule has 0 spiro atoms. The average molecular weight is 443 g/mol. The van der Waals surface area contributed by atoms with Crippen LogP contribution in [0.5, 0.6) is 0 Å². The highest BCUT2D eigenvalue weighted by molar-refractivity contribution is 5.92. The van der Waals surface area contributed by atoms with Crippen molar-refractivity contribution >= 4 is 11.7 Å². The third-order valence-corrected chi connectivity index (χ3v) is 6.67. The summed E-state index contributed by atoms with van der Waals surface area (Å²) in [6.07, 6.45) is 9.45. The second-order valence-corrected chi connectivity index (χ2v) is 8.86. The molecular formula is C26H30N6O. The van der Waals surface area contributed by atoms with E-state index in [2.05, 4.69) is 27.9 Å². The minimum atomic E-state index is -0.114. The molecule has 2 aliphatic heterocycles. The van der Waals surface area contributed by atoms with Crippen molar-refractivity contribution in [3.63, 3.8) is 0 Å². The lowest BCUT2D eigenvalue weighted by Crippen LogP contribution is -2.40. The van der Waals surface area contributed by atoms with Crippen molar-refractivity contribution in [2.24, 2.45) is 0 Å². The smallest absolute Gasteiger partial charge is 0.273 e. The summed E-state index contributed by atoms with van der Waals surface area (Å²) in [4.78, 5) is 36.4. The number of nitrogens with zero attached hydrogens (tertiary/aromatic N) is 6. The Balaban J connectivity index is 1.43. The Morgan fingerprint density at radius 2 is 1.85 bits per heavy atom. The summed E-state index contributed by atoms with van der Waals surface area (Å²) in [5, 5.41) is 0. The van der Waals surface area contributed by atoms with E-state index in [-0.39, 0.29) is 11.9 Å². The van der Waals surface area contributed by atoms with Gasteiger partial charge in [-0.3, -0.25) is 14.8 Å². The number of anilines is 1. The van der Waals surface area contributed by atoms with E-state index in [0.29, 0.717) is 12.2 Å². The van der Waals surface area contributed by atoms with E-state index < -0.39 is 0 Å². The standard InChI is InChI=1S/C26H30N6O/c1-19-21-10-8-16-31(18-13-20-9-2-5-14-27-20)25(21)30-24(29-19)23-12-4-7-17-32(23)26(33)22-11-3-6-15-28-22/h2-3,5-6,9,11,14-15,23H,4,7-8,10,12-13,16-18H2,1H3. The number of likely N-dealkylation sites (tertiary alicyclic amines) is 1. The maximum Gasteiger partial charge on any atom is 0.273 e. The van der Waals surface area contributed by atoms with Crippen molar-refractivity contribution in [3.8, 4) is 0 Å². The lowest BCUT2D eigenvalue weighted by Gasteiger charge is -2.36. The average Bonchev–Trinajstić information content (AvgIpc) is 2.88. The van der Waals surface area contributed by atoms with Crippen LogP contribution in [0, 0.1) is 6.92 Å². The van der Waals surface area contributed by atoms with Gasteiger partial charge in [-0.25, -0.2) is 9.97 Å². The molecular weight excluding hydrogens is 412 g/mol. The van der Waals surface area contributed by atoms with Gasteiger partial charge in [0, 0.05) is 55.4 Å². The van der Waals surface area contributed by atoms with Gasteiger partial charge in [0.15, 0.2) is 5.82 Å². The third kappa shape index (κ3) is 4.58. The largest absolute Gasteiger partial charge is 0.356 e. The maximum absolute atomic E-state index is 13.3. The number of hydrogen-bond donors (Lipinski definition) is 0. The van der Waals surface area contributed by atoms with Crippen LogP contribution in [0.2, 0.25) is 0 Å². The summed E-state index contributed by atoms with van der Waals surface area (Å²) >= 11 is 0. The first kappa shape index (κ1) is 21.5. The van der Waals surface area contributed by atoms with E-state index in [1.54, 1.807) is 12.3 Å². The van der Waals surface area contributed by atoms with Crippen LogP contribution in [0.15, 0.2) is 48.8 Å². The summed E-state index contributed by atoms with van der Waals surface area (Å²) in [7, 11) is 0. The van der Waals surface area contributed by atoms with Gasteiger partial charge in [0.1, 0.15) is 11.5 Å². The van der Waals surface area contributed by atoms with E-state index in [9.17, 15) is 4.79 Å². The van der Waals surface area contributed by atoms with Crippen molar-refractivity contribution in [2.75, 3.05) is 24.5 Å². The molecule has 1 fully saturated rings. The van der Waals surface area contributed by atoms with Gasteiger partial charge in [-0.05, 0) is 63.3 Å². The van der Waals surface area contributed by atoms with E-state index in [1.165, 1.54) is 5.56 Å². The number of hydrogen-bond acceptors (Lipinski definition) is 6. The van der Waals surface area contributed by atoms with Crippen molar-refractivity contribution < 1.29 is 4.79 Å². The van der Waals surface area contributed by atoms with Crippen molar-refractivity contribution in [3.05, 3.63) is 77.3 Å². The molecule has 0 saturated carbocycles. The van der Waals surface area contributed by atoms with E-state index in [4.69, 9.17) is 9.97 Å². The SMILES string of the molecule is Cc1nc(C2CCCCN2C(=O)c2ccccn2)nc2c1CCCN2CCc1ccccn1. The first-order valence-corrected chi connectivity index (χ1v) is 11.9. The first-order chi connectivity index (χ1) is 16.2. The van der Waals surface area contributed by atoms with Crippen molar-refractivity contribution in [1.82, 2.24) is 24.8 Å². The molecule has 0 N–H and O–H groups in total. The molecule has 3 aromatic heterocycles. The number of piperidine rings is 1. The molecule has 1 amide bonds. The van der Waals surface area contributed by atoms with Crippen LogP contribution in [0.25, 0.3) is 0 Å². The summed E-state index contributed by atoms with van der Waals surface area (Å²) in [5.74, 6) is 1.77. The van der Waals surface area contributed by atoms with Crippen molar-refractivity contribution in [1.29, 1.82) is 0 Å². The lowest BCUT2D eigenvalue weighted by molar-refractivity contribution is 0.0593. The number of rotatable bonds is 5. The molecule has 1 atom stereocenters. The monoisotopic (exact) mass is 442 g/mol. The highest BCUT2D eigenvalue weighted by Crippen LogP contribution is 2.34. The van der Waals surface area contributed by atoms with Gasteiger partial charge in [-0.2, -0.15) is 0 Å². The van der Waals surface area contributed by atoms with Crippen LogP contribution in [-0.2, 0) is 12.8 Å². The van der Waals surface area contributed by atoms with Gasteiger partial charge in [-0.15, -0.1) is 0 Å². The molecule has 1 unspecified atom stereocenters. The molecule has 7 nitrogen and oxygen atoms in total. The predicted molar refractivity (Wildman–Crippen MR) is 127 cm³/mol. The number of pyridine rings is 2. The topological polar surface area (TPSA) is 75.1 Å². The fourth-order valence-corrected chi connectivity index (χ4v) is 4.95. The molecule has 0 radical (unpaired) electrons. The first-order valence-electron chi connectivity index (χ1n) is 11.9. The van der Waals surface area contributed by atoms with Gasteiger partial charge in [-0.1, -0.05) is 12.1 Å². The van der Waals surface area contributed by atoms with Gasteiger partial charge < -0.3 is 9.80 Å². The highest BCUT2D eigenvalue weighted by atomic mass is 16.2. The second-order valence-electron chi connectivity index (χ2n) is 8.86. The summed E-state index contributed by atoms with van der Waals surface area (Å²) in [6.45, 7) is 4.65. The fourth-order valence-electron chi connectivity index (χ4n) is 4.95. The van der Waals surface area contributed by atoms with Gasteiger partial charge in [0.2, 0.25) is 0 Å². The Hall–Kier alpha value is -3.35. The van der Waals surface area contributed by atoms with E-state index in [1.807, 2.05) is 35.4 Å². The zero-order chi connectivity index (χ0) is 22.6. The second kappa shape index (κ2) is 9.65. The minimum absolute atomic E-state index is 0.0359. The van der Waals surface area contributed by atoms with Crippen molar-refractivity contribution in [2.45, 2.75) is 51.5 Å². The fraction of sp³-hybridized carbons (Fsp3) is 0.423. The Kier molecular flexibility index (Phi) is 6.28. The van der Waals surface area contributed by atoms with Crippen LogP contribution in [0.4, 0.5) is 5.82 Å². The van der Waals surface area contributed by atoms with Crippen LogP contribution < -0.4 is 4.90 Å². The van der Waals surface area contributed by atoms with E-state index >= 15 is 0 Å². The molecule has 3 aromatic rings. The summed E-state index contributed by atoms with van der Waals surface area (Å²) in [6, 6.07) is 11.4. The molecule has 0 aromatic carbocycles. The van der Waals surface area contributed by atoms with E-state index in [0.717, 1.165) is 74.6 Å². The maximum atomic E-state index is 13.3. The zero-order valence-electron chi connectivity index (χ0n) is 19.2. The van der Waals surface area contributed by atoms with Gasteiger partial charge in [0.25, 0.3) is 5.91 Å². The third-order valence-electron chi connectivity index (χ3n) is 6.67. The number of amides is 1. The Labute approximate surface area is 194 Å². The zero-order valence-corrected chi connectivity index (χ0v) is 19.2. The number of fused-ring (bicyclic) bond motifs is 1. The number of carbonyl (C=O) groups is 1. The highest BCUT2D eigenvalue weighted by Gasteiger charge is 2.33. The molecule has 5 heterocycles. The number of carbonyl (C=O) groups excluding carboxylic acids is 1. The normalized spacial score (nSPS) is 18.2. The Bertz CT molecular complexity index is 1100. The Morgan fingerprint density at radius 3 is 2.64 bits per heavy atom. The van der Waals surface area contributed by atoms with Gasteiger partial charge in [0.05, 0.1) is 6.04 Å². The number of aryl methyl sites for hydroxylation is 1. The molecule has 5 rings (SSSR count). The quantitative estimate of drug-likeness (QED) is 0.596. The molecule has 0 aliphatic carbocycles. The summed E-state index contributed by atoms with van der Waals surface area (Å²) < 4.78 is 0. The molecule has 0 bridgehead atoms. The van der Waals surface area contributed by atoms with Gasteiger partial charge >= 0.3 is 0 Å². The Morgan fingerprint density at radius 1 is 1.00 bits per heavy atom. The molecule has 33 heavy (non-hydrogen) atoms. The lowest BCUT2D eigenvalue weighted by atomic mass is 9.99. The molecule has 170 valence electrons. The number of aromatic nitrogens is 4. The van der Waals surface area contributed by atoms with Crippen LogP contribution in [0.1, 0.15) is 65.0 Å².